The number of anilines is 3. The molecule has 10 aromatic rings. The lowest BCUT2D eigenvalue weighted by Gasteiger charge is -2.31. The van der Waals surface area contributed by atoms with Crippen molar-refractivity contribution in [3.63, 3.8) is 0 Å². The van der Waals surface area contributed by atoms with Gasteiger partial charge in [0, 0.05) is 39.3 Å². The highest BCUT2D eigenvalue weighted by molar-refractivity contribution is 6.07. The van der Waals surface area contributed by atoms with Crippen molar-refractivity contribution >= 4 is 39.0 Å². The number of hydrogen-bond acceptors (Lipinski definition) is 2. The van der Waals surface area contributed by atoms with Crippen molar-refractivity contribution in [3.8, 4) is 55.6 Å². The Balaban J connectivity index is 1.22. The van der Waals surface area contributed by atoms with Gasteiger partial charge in [-0.1, -0.05) is 170 Å². The van der Waals surface area contributed by atoms with Crippen LogP contribution in [0.4, 0.5) is 17.1 Å². The molecule has 10 rings (SSSR count). The molecule has 0 spiro atoms. The van der Waals surface area contributed by atoms with Crippen molar-refractivity contribution in [2.75, 3.05) is 4.90 Å². The van der Waals surface area contributed by atoms with E-state index in [1.165, 1.54) is 22.3 Å². The molecular formula is C54H37NO. The summed E-state index contributed by atoms with van der Waals surface area (Å²) in [7, 11) is 0. The Labute approximate surface area is 327 Å². The predicted octanol–water partition coefficient (Wildman–Crippen LogP) is 15.4. The Morgan fingerprint density at radius 2 is 0.714 bits per heavy atom. The van der Waals surface area contributed by atoms with E-state index in [4.69, 9.17) is 4.42 Å². The summed E-state index contributed by atoms with van der Waals surface area (Å²) in [6.45, 7) is 0. The fraction of sp³-hybridized carbons (Fsp3) is 0. The third-order valence-electron chi connectivity index (χ3n) is 10.7. The highest BCUT2D eigenvalue weighted by atomic mass is 16.3. The summed E-state index contributed by atoms with van der Waals surface area (Å²) in [5.41, 5.74) is 16.5. The van der Waals surface area contributed by atoms with Gasteiger partial charge in [0.25, 0.3) is 0 Å². The van der Waals surface area contributed by atoms with Crippen LogP contribution in [0, 0.1) is 0 Å². The van der Waals surface area contributed by atoms with E-state index in [-0.39, 0.29) is 0 Å². The largest absolute Gasteiger partial charge is 0.456 e. The lowest BCUT2D eigenvalue weighted by Crippen LogP contribution is -2.13. The number of nitrogens with zero attached hydrogens (tertiary/aromatic N) is 1. The maximum absolute atomic E-state index is 6.52. The molecule has 0 saturated heterocycles. The molecule has 0 bridgehead atoms. The number of fused-ring (bicyclic) bond motifs is 3. The third-order valence-corrected chi connectivity index (χ3v) is 10.7. The molecule has 0 unspecified atom stereocenters. The van der Waals surface area contributed by atoms with Gasteiger partial charge in [-0.3, -0.25) is 0 Å². The van der Waals surface area contributed by atoms with E-state index < -0.39 is 0 Å². The second kappa shape index (κ2) is 14.4. The lowest BCUT2D eigenvalue weighted by molar-refractivity contribution is 0.669. The van der Waals surface area contributed by atoms with Crippen LogP contribution in [0.3, 0.4) is 0 Å². The molecule has 0 amide bonds. The summed E-state index contributed by atoms with van der Waals surface area (Å²) in [4.78, 5) is 2.41. The van der Waals surface area contributed by atoms with Crippen molar-refractivity contribution < 1.29 is 4.42 Å². The van der Waals surface area contributed by atoms with Crippen molar-refractivity contribution in [1.82, 2.24) is 0 Å². The van der Waals surface area contributed by atoms with Crippen LogP contribution in [-0.4, -0.2) is 0 Å². The Morgan fingerprint density at radius 3 is 1.30 bits per heavy atom. The van der Waals surface area contributed by atoms with E-state index in [1.807, 2.05) is 12.1 Å². The van der Waals surface area contributed by atoms with Crippen LogP contribution in [0.5, 0.6) is 0 Å². The molecule has 0 N–H and O–H groups in total. The molecule has 0 radical (unpaired) electrons. The Kier molecular flexibility index (Phi) is 8.55. The predicted molar refractivity (Wildman–Crippen MR) is 236 cm³/mol. The standard InChI is InChI=1S/C54H37NO/c1-5-16-38(17-6-1)43-24-15-25-44(34-43)40-28-30-46(31-29-40)55(47-32-33-49-48-26-13-14-27-52(48)56-53(49)37-47)54-50(41-20-9-3-10-21-41)35-45(39-18-7-2-8-19-39)36-51(54)42-22-11-4-12-23-42/h1-37H. The number of benzene rings is 9. The molecule has 0 aliphatic carbocycles. The third kappa shape index (κ3) is 6.24. The van der Waals surface area contributed by atoms with Gasteiger partial charge in [-0.2, -0.15) is 0 Å². The molecule has 0 aliphatic heterocycles. The molecule has 264 valence electrons. The second-order valence-corrected chi connectivity index (χ2v) is 14.1. The zero-order chi connectivity index (χ0) is 37.3. The van der Waals surface area contributed by atoms with Gasteiger partial charge in [0.2, 0.25) is 0 Å². The van der Waals surface area contributed by atoms with E-state index in [1.54, 1.807) is 0 Å². The van der Waals surface area contributed by atoms with Crippen molar-refractivity contribution in [2.24, 2.45) is 0 Å². The Hall–Kier alpha value is -7.42. The minimum atomic E-state index is 0.853. The summed E-state index contributed by atoms with van der Waals surface area (Å²) >= 11 is 0. The fourth-order valence-electron chi connectivity index (χ4n) is 7.92. The molecule has 56 heavy (non-hydrogen) atoms. The number of para-hydroxylation sites is 1. The number of furan rings is 1. The monoisotopic (exact) mass is 715 g/mol. The molecule has 1 heterocycles. The molecule has 2 heteroatoms. The zero-order valence-corrected chi connectivity index (χ0v) is 30.7. The van der Waals surface area contributed by atoms with Gasteiger partial charge in [0.1, 0.15) is 11.2 Å². The summed E-state index contributed by atoms with van der Waals surface area (Å²) in [5.74, 6) is 0. The van der Waals surface area contributed by atoms with Gasteiger partial charge in [-0.25, -0.2) is 0 Å². The zero-order valence-electron chi connectivity index (χ0n) is 30.7. The molecule has 2 nitrogen and oxygen atoms in total. The molecule has 0 aliphatic rings. The summed E-state index contributed by atoms with van der Waals surface area (Å²) in [6.07, 6.45) is 0. The van der Waals surface area contributed by atoms with Crippen LogP contribution in [-0.2, 0) is 0 Å². The first kappa shape index (κ1) is 33.2. The fourth-order valence-corrected chi connectivity index (χ4v) is 7.92. The smallest absolute Gasteiger partial charge is 0.137 e. The van der Waals surface area contributed by atoms with E-state index in [0.29, 0.717) is 0 Å². The topological polar surface area (TPSA) is 16.4 Å². The van der Waals surface area contributed by atoms with Crippen LogP contribution in [0.1, 0.15) is 0 Å². The van der Waals surface area contributed by atoms with E-state index in [0.717, 1.165) is 72.4 Å². The highest BCUT2D eigenvalue weighted by Gasteiger charge is 2.24. The molecule has 1 aromatic heterocycles. The average Bonchev–Trinajstić information content (AvgIpc) is 3.66. The lowest BCUT2D eigenvalue weighted by atomic mass is 9.89. The van der Waals surface area contributed by atoms with Gasteiger partial charge in [-0.15, -0.1) is 0 Å². The van der Waals surface area contributed by atoms with Crippen LogP contribution in [0.25, 0.3) is 77.6 Å². The first-order valence-corrected chi connectivity index (χ1v) is 19.1. The van der Waals surface area contributed by atoms with Crippen molar-refractivity contribution in [1.29, 1.82) is 0 Å². The minimum absolute atomic E-state index is 0.853. The number of hydrogen-bond donors (Lipinski definition) is 0. The molecule has 0 atom stereocenters. The van der Waals surface area contributed by atoms with Gasteiger partial charge >= 0.3 is 0 Å². The van der Waals surface area contributed by atoms with E-state index >= 15 is 0 Å². The normalized spacial score (nSPS) is 11.2. The van der Waals surface area contributed by atoms with Gasteiger partial charge in [-0.05, 0) is 93.0 Å². The molecule has 0 fully saturated rings. The van der Waals surface area contributed by atoms with Crippen LogP contribution >= 0.6 is 0 Å². The van der Waals surface area contributed by atoms with E-state index in [9.17, 15) is 0 Å². The molecule has 0 saturated carbocycles. The van der Waals surface area contributed by atoms with Gasteiger partial charge in [0.05, 0.1) is 5.69 Å². The summed E-state index contributed by atoms with van der Waals surface area (Å²) in [5, 5.41) is 2.22. The summed E-state index contributed by atoms with van der Waals surface area (Å²) < 4.78 is 6.52. The Morgan fingerprint density at radius 1 is 0.268 bits per heavy atom. The van der Waals surface area contributed by atoms with Gasteiger partial charge in [0.15, 0.2) is 0 Å². The van der Waals surface area contributed by atoms with E-state index in [2.05, 4.69) is 217 Å². The number of rotatable bonds is 8. The van der Waals surface area contributed by atoms with Crippen LogP contribution in [0.2, 0.25) is 0 Å². The highest BCUT2D eigenvalue weighted by Crippen LogP contribution is 2.49. The maximum Gasteiger partial charge on any atom is 0.137 e. The first-order chi connectivity index (χ1) is 27.8. The van der Waals surface area contributed by atoms with Crippen LogP contribution < -0.4 is 4.90 Å². The summed E-state index contributed by atoms with van der Waals surface area (Å²) in [6, 6.07) is 80.2. The SMILES string of the molecule is c1ccc(-c2cccc(-c3ccc(N(c4ccc5c(c4)oc4ccccc45)c4c(-c5ccccc5)cc(-c5ccccc5)cc4-c4ccccc4)cc3)c2)cc1. The Bertz CT molecular complexity index is 2870. The minimum Gasteiger partial charge on any atom is -0.456 e. The van der Waals surface area contributed by atoms with Crippen molar-refractivity contribution in [2.45, 2.75) is 0 Å². The maximum atomic E-state index is 6.52. The van der Waals surface area contributed by atoms with Crippen LogP contribution in [0.15, 0.2) is 229 Å². The molecule has 9 aromatic carbocycles. The van der Waals surface area contributed by atoms with Gasteiger partial charge < -0.3 is 9.32 Å². The molecular weight excluding hydrogens is 679 g/mol. The van der Waals surface area contributed by atoms with Crippen molar-refractivity contribution in [3.05, 3.63) is 224 Å². The second-order valence-electron chi connectivity index (χ2n) is 14.1. The quantitative estimate of drug-likeness (QED) is 0.156. The first-order valence-electron chi connectivity index (χ1n) is 19.1. The average molecular weight is 716 g/mol.